The second-order valence-corrected chi connectivity index (χ2v) is 5.03. The third-order valence-electron chi connectivity index (χ3n) is 3.57. The fraction of sp³-hybridized carbons (Fsp3) is 0.600. The van der Waals surface area contributed by atoms with Gasteiger partial charge in [0.15, 0.2) is 0 Å². The number of methoxy groups -OCH3 is 1. The zero-order chi connectivity index (χ0) is 12.9. The summed E-state index contributed by atoms with van der Waals surface area (Å²) in [5.74, 6) is 0.973. The zero-order valence-corrected chi connectivity index (χ0v) is 11.8. The Morgan fingerprint density at radius 2 is 1.88 bits per heavy atom. The number of benzene rings is 1. The first-order valence-corrected chi connectivity index (χ1v) is 6.38. The molecule has 17 heavy (non-hydrogen) atoms. The molecule has 0 radical (unpaired) electrons. The summed E-state index contributed by atoms with van der Waals surface area (Å²) in [6.07, 6.45) is 2.46. The van der Waals surface area contributed by atoms with Crippen LogP contribution in [0.4, 0.5) is 0 Å². The van der Waals surface area contributed by atoms with Crippen LogP contribution in [-0.4, -0.2) is 25.6 Å². The molecule has 2 nitrogen and oxygen atoms in total. The van der Waals surface area contributed by atoms with E-state index in [1.54, 1.807) is 7.11 Å². The summed E-state index contributed by atoms with van der Waals surface area (Å²) in [5.41, 5.74) is 1.25. The maximum atomic E-state index is 5.46. The number of hydrogen-bond donors (Lipinski definition) is 0. The van der Waals surface area contributed by atoms with Crippen molar-refractivity contribution in [1.29, 1.82) is 0 Å². The maximum absolute atomic E-state index is 5.46. The molecule has 0 fully saturated rings. The van der Waals surface area contributed by atoms with Crippen molar-refractivity contribution < 1.29 is 4.74 Å². The van der Waals surface area contributed by atoms with Gasteiger partial charge in [0.1, 0.15) is 5.75 Å². The minimum absolute atomic E-state index is 0.00176. The lowest BCUT2D eigenvalue weighted by Gasteiger charge is -2.37. The number of hydrogen-bond acceptors (Lipinski definition) is 2. The normalized spacial score (nSPS) is 11.9. The average molecular weight is 235 g/mol. The number of unbranched alkanes of at least 4 members (excludes halogenated alkanes) is 1. The van der Waals surface area contributed by atoms with E-state index in [-0.39, 0.29) is 5.54 Å². The lowest BCUT2D eigenvalue weighted by molar-refractivity contribution is 0.150. The summed E-state index contributed by atoms with van der Waals surface area (Å²) in [4.78, 5) is 2.40. The van der Waals surface area contributed by atoms with Crippen LogP contribution >= 0.6 is 0 Å². The Morgan fingerprint density at radius 1 is 1.24 bits per heavy atom. The molecule has 1 aromatic rings. The van der Waals surface area contributed by atoms with Crippen LogP contribution in [0.5, 0.6) is 5.75 Å². The van der Waals surface area contributed by atoms with Crippen molar-refractivity contribution in [3.8, 4) is 5.75 Å². The third kappa shape index (κ3) is 3.22. The van der Waals surface area contributed by atoms with Gasteiger partial charge >= 0.3 is 0 Å². The van der Waals surface area contributed by atoms with E-state index in [0.29, 0.717) is 0 Å². The Bertz CT molecular complexity index is 347. The molecule has 0 unspecified atom stereocenters. The SMILES string of the molecule is CCCCN(C)C(C)(C)c1ccccc1OC. The monoisotopic (exact) mass is 235 g/mol. The Hall–Kier alpha value is -1.02. The Kier molecular flexibility index (Phi) is 5.01. The first kappa shape index (κ1) is 14.0. The minimum Gasteiger partial charge on any atom is -0.496 e. The van der Waals surface area contributed by atoms with Crippen LogP contribution in [0.15, 0.2) is 24.3 Å². The third-order valence-corrected chi connectivity index (χ3v) is 3.57. The topological polar surface area (TPSA) is 12.5 Å². The van der Waals surface area contributed by atoms with Crippen LogP contribution in [0, 0.1) is 0 Å². The molecule has 96 valence electrons. The highest BCUT2D eigenvalue weighted by Crippen LogP contribution is 2.33. The minimum atomic E-state index is 0.00176. The number of ether oxygens (including phenoxy) is 1. The summed E-state index contributed by atoms with van der Waals surface area (Å²) < 4.78 is 5.46. The average Bonchev–Trinajstić information content (AvgIpc) is 2.35. The van der Waals surface area contributed by atoms with Crippen LogP contribution in [0.1, 0.15) is 39.2 Å². The van der Waals surface area contributed by atoms with Crippen LogP contribution in [0.2, 0.25) is 0 Å². The molecule has 0 bridgehead atoms. The lowest BCUT2D eigenvalue weighted by atomic mass is 9.91. The Balaban J connectivity index is 2.94. The molecular formula is C15H25NO. The molecule has 0 aliphatic carbocycles. The van der Waals surface area contributed by atoms with Crippen molar-refractivity contribution in [2.45, 2.75) is 39.2 Å². The standard InChI is InChI=1S/C15H25NO/c1-6-7-12-16(4)15(2,3)13-10-8-9-11-14(13)17-5/h8-11H,6-7,12H2,1-5H3. The molecule has 0 saturated carbocycles. The highest BCUT2D eigenvalue weighted by Gasteiger charge is 2.28. The largest absolute Gasteiger partial charge is 0.496 e. The second-order valence-electron chi connectivity index (χ2n) is 5.03. The fourth-order valence-electron chi connectivity index (χ4n) is 2.03. The quantitative estimate of drug-likeness (QED) is 0.746. The van der Waals surface area contributed by atoms with Crippen LogP contribution in [0.3, 0.4) is 0 Å². The first-order valence-electron chi connectivity index (χ1n) is 6.38. The molecule has 0 aromatic heterocycles. The molecule has 0 amide bonds. The van der Waals surface area contributed by atoms with E-state index >= 15 is 0 Å². The van der Waals surface area contributed by atoms with Gasteiger partial charge in [-0.3, -0.25) is 4.90 Å². The molecule has 0 N–H and O–H groups in total. The second kappa shape index (κ2) is 6.06. The molecule has 1 rings (SSSR count). The first-order chi connectivity index (χ1) is 8.04. The molecule has 1 aromatic carbocycles. The van der Waals surface area contributed by atoms with Gasteiger partial charge < -0.3 is 4.74 Å². The molecule has 0 spiro atoms. The van der Waals surface area contributed by atoms with Crippen molar-refractivity contribution in [1.82, 2.24) is 4.90 Å². The van der Waals surface area contributed by atoms with E-state index in [1.807, 2.05) is 12.1 Å². The van der Waals surface area contributed by atoms with Crippen molar-refractivity contribution in [3.05, 3.63) is 29.8 Å². The lowest BCUT2D eigenvalue weighted by Crippen LogP contribution is -2.39. The maximum Gasteiger partial charge on any atom is 0.123 e. The summed E-state index contributed by atoms with van der Waals surface area (Å²) >= 11 is 0. The molecule has 2 heteroatoms. The molecule has 0 aliphatic heterocycles. The van der Waals surface area contributed by atoms with E-state index < -0.39 is 0 Å². The van der Waals surface area contributed by atoms with Gasteiger partial charge in [0.05, 0.1) is 7.11 Å². The highest BCUT2D eigenvalue weighted by atomic mass is 16.5. The molecule has 0 atom stereocenters. The van der Waals surface area contributed by atoms with Gasteiger partial charge in [-0.15, -0.1) is 0 Å². The Labute approximate surface area is 106 Å². The van der Waals surface area contributed by atoms with Crippen molar-refractivity contribution >= 4 is 0 Å². The van der Waals surface area contributed by atoms with Crippen molar-refractivity contribution in [2.24, 2.45) is 0 Å². The van der Waals surface area contributed by atoms with Gasteiger partial charge in [-0.05, 0) is 39.9 Å². The van der Waals surface area contributed by atoms with Crippen molar-refractivity contribution in [3.63, 3.8) is 0 Å². The summed E-state index contributed by atoms with van der Waals surface area (Å²) in [5, 5.41) is 0. The number of rotatable bonds is 6. The molecular weight excluding hydrogens is 210 g/mol. The van der Waals surface area contributed by atoms with E-state index in [2.05, 4.69) is 44.9 Å². The van der Waals surface area contributed by atoms with Gasteiger partial charge in [-0.1, -0.05) is 31.5 Å². The van der Waals surface area contributed by atoms with Gasteiger partial charge in [0.25, 0.3) is 0 Å². The van der Waals surface area contributed by atoms with E-state index in [4.69, 9.17) is 4.74 Å². The van der Waals surface area contributed by atoms with Gasteiger partial charge in [-0.25, -0.2) is 0 Å². The van der Waals surface area contributed by atoms with Gasteiger partial charge in [-0.2, -0.15) is 0 Å². The number of para-hydroxylation sites is 1. The van der Waals surface area contributed by atoms with E-state index in [9.17, 15) is 0 Å². The predicted molar refractivity (Wildman–Crippen MR) is 73.6 cm³/mol. The Morgan fingerprint density at radius 3 is 2.47 bits per heavy atom. The number of nitrogens with zero attached hydrogens (tertiary/aromatic N) is 1. The molecule has 0 heterocycles. The zero-order valence-electron chi connectivity index (χ0n) is 11.8. The van der Waals surface area contributed by atoms with Gasteiger partial charge in [0.2, 0.25) is 0 Å². The van der Waals surface area contributed by atoms with E-state index in [0.717, 1.165) is 12.3 Å². The molecule has 0 saturated heterocycles. The fourth-order valence-corrected chi connectivity index (χ4v) is 2.03. The van der Waals surface area contributed by atoms with Crippen molar-refractivity contribution in [2.75, 3.05) is 20.7 Å². The van der Waals surface area contributed by atoms with E-state index in [1.165, 1.54) is 18.4 Å². The van der Waals surface area contributed by atoms with Crippen LogP contribution in [-0.2, 0) is 5.54 Å². The van der Waals surface area contributed by atoms with Gasteiger partial charge in [0, 0.05) is 11.1 Å². The summed E-state index contributed by atoms with van der Waals surface area (Å²) in [6, 6.07) is 8.28. The van der Waals surface area contributed by atoms with Crippen LogP contribution < -0.4 is 4.74 Å². The summed E-state index contributed by atoms with van der Waals surface area (Å²) in [6.45, 7) is 7.84. The van der Waals surface area contributed by atoms with Crippen LogP contribution in [0.25, 0.3) is 0 Å². The predicted octanol–water partition coefficient (Wildman–Crippen LogP) is 3.66. The smallest absolute Gasteiger partial charge is 0.123 e. The summed E-state index contributed by atoms with van der Waals surface area (Å²) in [7, 11) is 3.92. The highest BCUT2D eigenvalue weighted by molar-refractivity contribution is 5.38. The molecule has 0 aliphatic rings.